The molecule has 0 spiro atoms. The number of carbonyl (C=O) groups is 1. The second-order valence-corrected chi connectivity index (χ2v) is 4.91. The molecule has 1 aromatic carbocycles. The molecule has 0 radical (unpaired) electrons. The van der Waals surface area contributed by atoms with E-state index in [1.807, 2.05) is 6.07 Å². The summed E-state index contributed by atoms with van der Waals surface area (Å²) in [6.45, 7) is 3.75. The van der Waals surface area contributed by atoms with Gasteiger partial charge in [-0.1, -0.05) is 19.1 Å². The minimum atomic E-state index is -0.779. The molecule has 0 bridgehead atoms. The van der Waals surface area contributed by atoms with Gasteiger partial charge in [0.25, 0.3) is 0 Å². The number of nitrogens with one attached hydrogen (secondary N) is 1. The Kier molecular flexibility index (Phi) is 3.99. The molecule has 1 aliphatic carbocycles. The van der Waals surface area contributed by atoms with Crippen LogP contribution in [0.4, 0.5) is 0 Å². The largest absolute Gasteiger partial charge is 0.481 e. The summed E-state index contributed by atoms with van der Waals surface area (Å²) in [6.07, 6.45) is 1.76. The van der Waals surface area contributed by atoms with Crippen molar-refractivity contribution in [3.8, 4) is 0 Å². The SMILES string of the molecule is CCNCc1cc(CC(=O)O)c2c(c1)CC(N)C2. The van der Waals surface area contributed by atoms with Crippen molar-refractivity contribution >= 4 is 5.97 Å². The van der Waals surface area contributed by atoms with Crippen molar-refractivity contribution in [1.29, 1.82) is 0 Å². The Labute approximate surface area is 107 Å². The first-order valence-electron chi connectivity index (χ1n) is 6.41. The van der Waals surface area contributed by atoms with E-state index in [0.29, 0.717) is 0 Å². The minimum Gasteiger partial charge on any atom is -0.481 e. The van der Waals surface area contributed by atoms with Gasteiger partial charge in [0.1, 0.15) is 0 Å². The highest BCUT2D eigenvalue weighted by molar-refractivity contribution is 5.71. The van der Waals surface area contributed by atoms with Crippen molar-refractivity contribution in [3.63, 3.8) is 0 Å². The summed E-state index contributed by atoms with van der Waals surface area (Å²) >= 11 is 0. The molecule has 1 aliphatic rings. The van der Waals surface area contributed by atoms with E-state index in [1.165, 1.54) is 5.56 Å². The molecule has 0 saturated heterocycles. The first-order chi connectivity index (χ1) is 8.60. The number of rotatable bonds is 5. The highest BCUT2D eigenvalue weighted by Crippen LogP contribution is 2.27. The molecule has 98 valence electrons. The van der Waals surface area contributed by atoms with Crippen molar-refractivity contribution < 1.29 is 9.90 Å². The fourth-order valence-electron chi connectivity index (χ4n) is 2.62. The van der Waals surface area contributed by atoms with E-state index in [-0.39, 0.29) is 12.5 Å². The summed E-state index contributed by atoms with van der Waals surface area (Å²) < 4.78 is 0. The normalized spacial score (nSPS) is 17.8. The summed E-state index contributed by atoms with van der Waals surface area (Å²) in [7, 11) is 0. The summed E-state index contributed by atoms with van der Waals surface area (Å²) in [5, 5.41) is 12.3. The molecule has 0 fully saturated rings. The Morgan fingerprint density at radius 2 is 2.28 bits per heavy atom. The number of hydrogen-bond donors (Lipinski definition) is 3. The number of carboxylic acid groups (broad SMARTS) is 1. The molecule has 0 amide bonds. The van der Waals surface area contributed by atoms with Crippen molar-refractivity contribution in [3.05, 3.63) is 34.4 Å². The standard InChI is InChI=1S/C14H20N2O2/c1-2-16-8-9-3-10-5-12(15)7-13(10)11(4-9)6-14(17)18/h3-4,12,16H,2,5-8,15H2,1H3,(H,17,18). The van der Waals surface area contributed by atoms with E-state index in [1.54, 1.807) is 0 Å². The highest BCUT2D eigenvalue weighted by Gasteiger charge is 2.22. The predicted octanol–water partition coefficient (Wildman–Crippen LogP) is 0.849. The van der Waals surface area contributed by atoms with Gasteiger partial charge in [-0.25, -0.2) is 0 Å². The number of carboxylic acids is 1. The van der Waals surface area contributed by atoms with E-state index in [4.69, 9.17) is 10.8 Å². The molecule has 4 nitrogen and oxygen atoms in total. The third-order valence-electron chi connectivity index (χ3n) is 3.36. The third-order valence-corrected chi connectivity index (χ3v) is 3.36. The topological polar surface area (TPSA) is 75.3 Å². The van der Waals surface area contributed by atoms with Crippen LogP contribution in [0.1, 0.15) is 29.2 Å². The molecule has 1 aromatic rings. The fraction of sp³-hybridized carbons (Fsp3) is 0.500. The molecule has 0 aliphatic heterocycles. The quantitative estimate of drug-likeness (QED) is 0.722. The predicted molar refractivity (Wildman–Crippen MR) is 70.5 cm³/mol. The summed E-state index contributed by atoms with van der Waals surface area (Å²) in [5.74, 6) is -0.779. The van der Waals surface area contributed by atoms with Crippen molar-refractivity contribution in [2.45, 2.75) is 38.8 Å². The van der Waals surface area contributed by atoms with Crippen molar-refractivity contribution in [1.82, 2.24) is 5.32 Å². The molecule has 0 saturated carbocycles. The Bertz CT molecular complexity index is 457. The maximum absolute atomic E-state index is 10.9. The number of aliphatic carboxylic acids is 1. The van der Waals surface area contributed by atoms with Crippen LogP contribution in [0.15, 0.2) is 12.1 Å². The second kappa shape index (κ2) is 5.50. The van der Waals surface area contributed by atoms with E-state index < -0.39 is 5.97 Å². The summed E-state index contributed by atoms with van der Waals surface area (Å²) in [4.78, 5) is 10.9. The highest BCUT2D eigenvalue weighted by atomic mass is 16.4. The van der Waals surface area contributed by atoms with Crippen LogP contribution in [0.5, 0.6) is 0 Å². The zero-order valence-electron chi connectivity index (χ0n) is 10.7. The molecule has 0 heterocycles. The molecule has 1 unspecified atom stereocenters. The van der Waals surface area contributed by atoms with Crippen LogP contribution >= 0.6 is 0 Å². The smallest absolute Gasteiger partial charge is 0.307 e. The molecule has 4 N–H and O–H groups in total. The summed E-state index contributed by atoms with van der Waals surface area (Å²) in [5.41, 5.74) is 10.4. The monoisotopic (exact) mass is 248 g/mol. The average Bonchev–Trinajstić information content (AvgIpc) is 2.66. The molecule has 1 atom stereocenters. The maximum atomic E-state index is 10.9. The van der Waals surface area contributed by atoms with Gasteiger partial charge >= 0.3 is 5.97 Å². The Morgan fingerprint density at radius 3 is 2.94 bits per heavy atom. The maximum Gasteiger partial charge on any atom is 0.307 e. The van der Waals surface area contributed by atoms with E-state index >= 15 is 0 Å². The van der Waals surface area contributed by atoms with Crippen LogP contribution in [0.3, 0.4) is 0 Å². The van der Waals surface area contributed by atoms with Crippen LogP contribution in [0.25, 0.3) is 0 Å². The Hall–Kier alpha value is -1.39. The first kappa shape index (κ1) is 13.1. The van der Waals surface area contributed by atoms with Gasteiger partial charge in [-0.05, 0) is 41.6 Å². The van der Waals surface area contributed by atoms with Gasteiger partial charge < -0.3 is 16.2 Å². The van der Waals surface area contributed by atoms with Crippen LogP contribution < -0.4 is 11.1 Å². The lowest BCUT2D eigenvalue weighted by Crippen LogP contribution is -2.19. The van der Waals surface area contributed by atoms with Gasteiger partial charge in [-0.2, -0.15) is 0 Å². The van der Waals surface area contributed by atoms with Gasteiger partial charge in [0.2, 0.25) is 0 Å². The molecule has 18 heavy (non-hydrogen) atoms. The zero-order valence-corrected chi connectivity index (χ0v) is 10.7. The van der Waals surface area contributed by atoms with E-state index in [0.717, 1.165) is 42.6 Å². The van der Waals surface area contributed by atoms with Crippen molar-refractivity contribution in [2.75, 3.05) is 6.54 Å². The number of nitrogens with two attached hydrogens (primary N) is 1. The first-order valence-corrected chi connectivity index (χ1v) is 6.41. The van der Waals surface area contributed by atoms with E-state index in [2.05, 4.69) is 18.3 Å². The van der Waals surface area contributed by atoms with Crippen LogP contribution in [0, 0.1) is 0 Å². The number of benzene rings is 1. The van der Waals surface area contributed by atoms with Gasteiger partial charge in [-0.3, -0.25) is 4.79 Å². The number of fused-ring (bicyclic) bond motifs is 1. The van der Waals surface area contributed by atoms with Crippen molar-refractivity contribution in [2.24, 2.45) is 5.73 Å². The number of hydrogen-bond acceptors (Lipinski definition) is 3. The average molecular weight is 248 g/mol. The lowest BCUT2D eigenvalue weighted by molar-refractivity contribution is -0.136. The zero-order chi connectivity index (χ0) is 13.1. The van der Waals surface area contributed by atoms with E-state index in [9.17, 15) is 4.79 Å². The lowest BCUT2D eigenvalue weighted by atomic mass is 9.97. The van der Waals surface area contributed by atoms with Crippen LogP contribution in [-0.4, -0.2) is 23.7 Å². The molecular formula is C14H20N2O2. The molecule has 4 heteroatoms. The van der Waals surface area contributed by atoms with Gasteiger partial charge in [0.05, 0.1) is 6.42 Å². The molecule has 2 rings (SSSR count). The summed E-state index contributed by atoms with van der Waals surface area (Å²) in [6, 6.07) is 4.31. The molecule has 0 aromatic heterocycles. The van der Waals surface area contributed by atoms with Gasteiger partial charge in [0, 0.05) is 12.6 Å². The lowest BCUT2D eigenvalue weighted by Gasteiger charge is -2.11. The molecular weight excluding hydrogens is 228 g/mol. The second-order valence-electron chi connectivity index (χ2n) is 4.91. The fourth-order valence-corrected chi connectivity index (χ4v) is 2.62. The third kappa shape index (κ3) is 2.89. The van der Waals surface area contributed by atoms with Gasteiger partial charge in [0.15, 0.2) is 0 Å². The Morgan fingerprint density at radius 1 is 1.50 bits per heavy atom. The van der Waals surface area contributed by atoms with Crippen LogP contribution in [0.2, 0.25) is 0 Å². The Balaban J connectivity index is 2.31. The van der Waals surface area contributed by atoms with Crippen LogP contribution in [-0.2, 0) is 30.6 Å². The van der Waals surface area contributed by atoms with Gasteiger partial charge in [-0.15, -0.1) is 0 Å². The minimum absolute atomic E-state index is 0.0923.